The Morgan fingerprint density at radius 1 is 0.562 bits per heavy atom. The van der Waals surface area contributed by atoms with Gasteiger partial charge in [0.25, 0.3) is 17.1 Å². The highest BCUT2D eigenvalue weighted by molar-refractivity contribution is 5.82. The number of nitrogens with zero attached hydrogens (tertiary/aromatic N) is 5. The van der Waals surface area contributed by atoms with Crippen LogP contribution in [-0.4, -0.2) is 27.2 Å². The minimum Gasteiger partial charge on any atom is -0.261 e. The van der Waals surface area contributed by atoms with Gasteiger partial charge in [-0.1, -0.05) is 0 Å². The number of benzene rings is 3. The standard InChI is InChI=1S/C21H15N5O6/c27-24(28)18-7-1-15(2-8-18)13-22-21(17-5-11-20(12-6-17)26(31)32)23-14-16-3-9-19(10-4-16)25(29)30/h1-14,21H/b22-13+,23-14?. The van der Waals surface area contributed by atoms with Crippen LogP contribution < -0.4 is 0 Å². The largest absolute Gasteiger partial charge is 0.269 e. The molecule has 0 aliphatic heterocycles. The van der Waals surface area contributed by atoms with Crippen molar-refractivity contribution in [3.63, 3.8) is 0 Å². The Kier molecular flexibility index (Phi) is 6.71. The van der Waals surface area contributed by atoms with Gasteiger partial charge in [0.1, 0.15) is 0 Å². The lowest BCUT2D eigenvalue weighted by molar-refractivity contribution is -0.385. The van der Waals surface area contributed by atoms with E-state index in [0.717, 1.165) is 0 Å². The maximum absolute atomic E-state index is 10.9. The summed E-state index contributed by atoms with van der Waals surface area (Å²) in [7, 11) is 0. The summed E-state index contributed by atoms with van der Waals surface area (Å²) in [6, 6.07) is 17.3. The van der Waals surface area contributed by atoms with Crippen LogP contribution in [0.15, 0.2) is 82.8 Å². The van der Waals surface area contributed by atoms with E-state index in [1.54, 1.807) is 0 Å². The summed E-state index contributed by atoms with van der Waals surface area (Å²) >= 11 is 0. The van der Waals surface area contributed by atoms with Crippen molar-refractivity contribution in [3.8, 4) is 0 Å². The first kappa shape index (κ1) is 21.9. The predicted octanol–water partition coefficient (Wildman–Crippen LogP) is 4.65. The third kappa shape index (κ3) is 5.63. The van der Waals surface area contributed by atoms with E-state index in [1.165, 1.54) is 85.2 Å². The summed E-state index contributed by atoms with van der Waals surface area (Å²) in [6.45, 7) is 0. The highest BCUT2D eigenvalue weighted by Crippen LogP contribution is 2.23. The summed E-state index contributed by atoms with van der Waals surface area (Å²) in [5.74, 6) is 0. The second-order valence-electron chi connectivity index (χ2n) is 6.48. The third-order valence-corrected chi connectivity index (χ3v) is 4.34. The van der Waals surface area contributed by atoms with Gasteiger partial charge in [0.05, 0.1) is 14.8 Å². The summed E-state index contributed by atoms with van der Waals surface area (Å²) < 4.78 is 0. The maximum Gasteiger partial charge on any atom is 0.269 e. The Hall–Kier alpha value is -4.80. The van der Waals surface area contributed by atoms with Gasteiger partial charge in [0.15, 0.2) is 6.17 Å². The molecule has 0 fully saturated rings. The minimum atomic E-state index is -0.763. The van der Waals surface area contributed by atoms with Crippen LogP contribution in [-0.2, 0) is 0 Å². The second-order valence-corrected chi connectivity index (χ2v) is 6.48. The normalized spacial score (nSPS) is 12.1. The van der Waals surface area contributed by atoms with Gasteiger partial charge in [-0.2, -0.15) is 0 Å². The molecular formula is C21H15N5O6. The molecule has 0 aliphatic rings. The molecule has 0 aliphatic carbocycles. The van der Waals surface area contributed by atoms with E-state index >= 15 is 0 Å². The van der Waals surface area contributed by atoms with Crippen LogP contribution in [0.4, 0.5) is 17.1 Å². The van der Waals surface area contributed by atoms with Crippen LogP contribution in [0.2, 0.25) is 0 Å². The average molecular weight is 433 g/mol. The first-order valence-corrected chi connectivity index (χ1v) is 9.13. The van der Waals surface area contributed by atoms with E-state index in [0.29, 0.717) is 16.7 Å². The van der Waals surface area contributed by atoms with Gasteiger partial charge in [-0.25, -0.2) is 0 Å². The third-order valence-electron chi connectivity index (χ3n) is 4.34. The van der Waals surface area contributed by atoms with Crippen LogP contribution in [0.25, 0.3) is 0 Å². The predicted molar refractivity (Wildman–Crippen MR) is 117 cm³/mol. The molecule has 160 valence electrons. The monoisotopic (exact) mass is 433 g/mol. The van der Waals surface area contributed by atoms with Gasteiger partial charge in [-0.15, -0.1) is 0 Å². The summed E-state index contributed by atoms with van der Waals surface area (Å²) in [4.78, 5) is 39.8. The van der Waals surface area contributed by atoms with Crippen LogP contribution in [0, 0.1) is 30.3 Å². The molecule has 0 aromatic heterocycles. The lowest BCUT2D eigenvalue weighted by Crippen LogP contribution is -1.97. The first-order valence-electron chi connectivity index (χ1n) is 9.13. The van der Waals surface area contributed by atoms with E-state index in [4.69, 9.17) is 0 Å². The van der Waals surface area contributed by atoms with Crippen LogP contribution >= 0.6 is 0 Å². The molecule has 3 aromatic rings. The zero-order chi connectivity index (χ0) is 23.1. The van der Waals surface area contributed by atoms with Gasteiger partial charge in [-0.05, 0) is 53.1 Å². The maximum atomic E-state index is 10.9. The van der Waals surface area contributed by atoms with Crippen molar-refractivity contribution in [2.24, 2.45) is 9.98 Å². The molecule has 3 aromatic carbocycles. The number of aliphatic imine (C=N–C) groups is 2. The van der Waals surface area contributed by atoms with E-state index in [1.807, 2.05) is 0 Å². The summed E-state index contributed by atoms with van der Waals surface area (Å²) in [5, 5.41) is 32.5. The van der Waals surface area contributed by atoms with E-state index in [2.05, 4.69) is 9.98 Å². The van der Waals surface area contributed by atoms with Crippen LogP contribution in [0.1, 0.15) is 22.9 Å². The average Bonchev–Trinajstić information content (AvgIpc) is 2.79. The zero-order valence-electron chi connectivity index (χ0n) is 16.3. The molecule has 0 amide bonds. The fourth-order valence-electron chi connectivity index (χ4n) is 2.66. The van der Waals surface area contributed by atoms with Crippen molar-refractivity contribution in [3.05, 3.63) is 120 Å². The molecule has 0 heterocycles. The Morgan fingerprint density at radius 2 is 0.875 bits per heavy atom. The first-order chi connectivity index (χ1) is 15.3. The lowest BCUT2D eigenvalue weighted by Gasteiger charge is -2.08. The highest BCUT2D eigenvalue weighted by Gasteiger charge is 2.11. The minimum absolute atomic E-state index is 0.0507. The van der Waals surface area contributed by atoms with Gasteiger partial charge < -0.3 is 0 Å². The van der Waals surface area contributed by atoms with Gasteiger partial charge in [0.2, 0.25) is 0 Å². The SMILES string of the molecule is O=[N+]([O-])c1ccc(C=NC(/N=C/c2ccc([N+](=O)[O-])cc2)c2ccc([N+](=O)[O-])cc2)cc1. The van der Waals surface area contributed by atoms with Crippen molar-refractivity contribution < 1.29 is 14.8 Å². The smallest absolute Gasteiger partial charge is 0.261 e. The van der Waals surface area contributed by atoms with Crippen molar-refractivity contribution in [1.29, 1.82) is 0 Å². The Morgan fingerprint density at radius 3 is 1.19 bits per heavy atom. The zero-order valence-corrected chi connectivity index (χ0v) is 16.3. The van der Waals surface area contributed by atoms with E-state index in [9.17, 15) is 30.3 Å². The van der Waals surface area contributed by atoms with Crippen molar-refractivity contribution in [2.75, 3.05) is 0 Å². The topological polar surface area (TPSA) is 154 Å². The van der Waals surface area contributed by atoms with Gasteiger partial charge >= 0.3 is 0 Å². The molecule has 0 bridgehead atoms. The molecule has 3 rings (SSSR count). The molecule has 11 heteroatoms. The van der Waals surface area contributed by atoms with Crippen molar-refractivity contribution in [1.82, 2.24) is 0 Å². The fraction of sp³-hybridized carbons (Fsp3) is 0.0476. The molecule has 0 saturated heterocycles. The molecular weight excluding hydrogens is 418 g/mol. The molecule has 1 atom stereocenters. The van der Waals surface area contributed by atoms with E-state index in [-0.39, 0.29) is 17.1 Å². The molecule has 0 radical (unpaired) electrons. The molecule has 32 heavy (non-hydrogen) atoms. The number of hydrogen-bond donors (Lipinski definition) is 0. The Balaban J connectivity index is 1.88. The van der Waals surface area contributed by atoms with Crippen molar-refractivity contribution in [2.45, 2.75) is 6.17 Å². The van der Waals surface area contributed by atoms with Gasteiger partial charge in [0, 0.05) is 48.8 Å². The fourth-order valence-corrected chi connectivity index (χ4v) is 2.66. The molecule has 0 spiro atoms. The molecule has 0 N–H and O–H groups in total. The Bertz CT molecular complexity index is 1120. The van der Waals surface area contributed by atoms with E-state index < -0.39 is 20.9 Å². The number of non-ortho nitro benzene ring substituents is 3. The lowest BCUT2D eigenvalue weighted by atomic mass is 10.1. The second kappa shape index (κ2) is 9.80. The van der Waals surface area contributed by atoms with Crippen molar-refractivity contribution >= 4 is 29.5 Å². The number of rotatable bonds is 8. The number of nitro benzene ring substituents is 3. The molecule has 1 unspecified atom stereocenters. The summed E-state index contributed by atoms with van der Waals surface area (Å²) in [5.41, 5.74) is 1.61. The van der Waals surface area contributed by atoms with Crippen LogP contribution in [0.5, 0.6) is 0 Å². The molecule has 0 saturated carbocycles. The number of hydrogen-bond acceptors (Lipinski definition) is 8. The van der Waals surface area contributed by atoms with Gasteiger partial charge in [-0.3, -0.25) is 40.3 Å². The van der Waals surface area contributed by atoms with Crippen LogP contribution in [0.3, 0.4) is 0 Å². The summed E-state index contributed by atoms with van der Waals surface area (Å²) in [6.07, 6.45) is 2.22. The number of nitro groups is 3. The quantitative estimate of drug-likeness (QED) is 0.286. The Labute approximate surface area is 180 Å². The molecule has 11 nitrogen and oxygen atoms in total. The highest BCUT2D eigenvalue weighted by atomic mass is 16.6.